The van der Waals surface area contributed by atoms with Crippen LogP contribution in [-0.2, 0) is 23.6 Å². The zero-order valence-corrected chi connectivity index (χ0v) is 17.2. The predicted molar refractivity (Wildman–Crippen MR) is 100.0 cm³/mol. The molecule has 1 saturated heterocycles. The SMILES string of the molecule is CCn1cc(S(=O)(=O)N2CCN(C(=O)c3c(C)nn(C)c3C)CC2)c(C)n1. The van der Waals surface area contributed by atoms with Crippen molar-refractivity contribution in [2.75, 3.05) is 26.2 Å². The Kier molecular flexibility index (Phi) is 5.13. The van der Waals surface area contributed by atoms with Crippen LogP contribution >= 0.6 is 0 Å². The Hall–Kier alpha value is -2.20. The normalized spacial score (nSPS) is 16.1. The number of hydrogen-bond acceptors (Lipinski definition) is 5. The molecule has 3 heterocycles. The molecule has 0 N–H and O–H groups in total. The summed E-state index contributed by atoms with van der Waals surface area (Å²) in [5.41, 5.74) is 2.61. The molecule has 1 aliphatic rings. The average Bonchev–Trinajstić information content (AvgIpc) is 3.14. The van der Waals surface area contributed by atoms with Gasteiger partial charge in [0.05, 0.1) is 17.0 Å². The van der Waals surface area contributed by atoms with Crippen molar-refractivity contribution in [2.45, 2.75) is 39.1 Å². The smallest absolute Gasteiger partial charge is 0.257 e. The van der Waals surface area contributed by atoms with E-state index in [0.29, 0.717) is 36.6 Å². The van der Waals surface area contributed by atoms with Gasteiger partial charge < -0.3 is 4.90 Å². The van der Waals surface area contributed by atoms with Crippen LogP contribution in [0.1, 0.15) is 34.4 Å². The monoisotopic (exact) mass is 394 g/mol. The fourth-order valence-electron chi connectivity index (χ4n) is 3.43. The molecular weight excluding hydrogens is 368 g/mol. The van der Waals surface area contributed by atoms with Gasteiger partial charge in [0.2, 0.25) is 10.0 Å². The summed E-state index contributed by atoms with van der Waals surface area (Å²) in [6.45, 7) is 9.15. The molecule has 3 rings (SSSR count). The first-order valence-corrected chi connectivity index (χ1v) is 10.4. The van der Waals surface area contributed by atoms with Gasteiger partial charge in [-0.15, -0.1) is 0 Å². The van der Waals surface area contributed by atoms with Crippen LogP contribution in [0.4, 0.5) is 0 Å². The molecule has 2 aromatic rings. The van der Waals surface area contributed by atoms with Crippen molar-refractivity contribution in [3.63, 3.8) is 0 Å². The van der Waals surface area contributed by atoms with Gasteiger partial charge in [0.15, 0.2) is 0 Å². The van der Waals surface area contributed by atoms with E-state index in [0.717, 1.165) is 5.69 Å². The topological polar surface area (TPSA) is 93.3 Å². The number of amides is 1. The maximum atomic E-state index is 13.0. The fourth-order valence-corrected chi connectivity index (χ4v) is 5.02. The van der Waals surface area contributed by atoms with Crippen LogP contribution < -0.4 is 0 Å². The molecule has 148 valence electrons. The van der Waals surface area contributed by atoms with Crippen molar-refractivity contribution in [3.05, 3.63) is 28.8 Å². The second-order valence-electron chi connectivity index (χ2n) is 6.80. The highest BCUT2D eigenvalue weighted by Gasteiger charge is 2.33. The van der Waals surface area contributed by atoms with Gasteiger partial charge in [-0.05, 0) is 27.7 Å². The van der Waals surface area contributed by atoms with Gasteiger partial charge in [0.1, 0.15) is 4.90 Å². The standard InChI is InChI=1S/C17H26N6O3S/c1-6-22-11-15(12(2)19-22)27(25,26)23-9-7-21(8-10-23)17(24)16-13(3)18-20(5)14(16)4/h11H,6-10H2,1-5H3. The minimum atomic E-state index is -3.61. The van der Waals surface area contributed by atoms with E-state index < -0.39 is 10.0 Å². The first kappa shape index (κ1) is 19.6. The Morgan fingerprint density at radius 1 is 1.07 bits per heavy atom. The Balaban J connectivity index is 1.75. The summed E-state index contributed by atoms with van der Waals surface area (Å²) < 4.78 is 30.6. The van der Waals surface area contributed by atoms with Crippen molar-refractivity contribution < 1.29 is 13.2 Å². The first-order valence-electron chi connectivity index (χ1n) is 9.00. The van der Waals surface area contributed by atoms with Gasteiger partial charge in [-0.3, -0.25) is 14.2 Å². The summed E-state index contributed by atoms with van der Waals surface area (Å²) in [5, 5.41) is 8.53. The Morgan fingerprint density at radius 3 is 2.19 bits per heavy atom. The maximum Gasteiger partial charge on any atom is 0.257 e. The number of carbonyl (C=O) groups excluding carboxylic acids is 1. The molecule has 0 bridgehead atoms. The van der Waals surface area contributed by atoms with Crippen LogP contribution in [-0.4, -0.2) is 69.3 Å². The minimum Gasteiger partial charge on any atom is -0.336 e. The average molecular weight is 395 g/mol. The molecule has 9 nitrogen and oxygen atoms in total. The highest BCUT2D eigenvalue weighted by Crippen LogP contribution is 2.22. The lowest BCUT2D eigenvalue weighted by atomic mass is 10.1. The third-order valence-corrected chi connectivity index (χ3v) is 7.09. The van der Waals surface area contributed by atoms with E-state index >= 15 is 0 Å². The van der Waals surface area contributed by atoms with E-state index in [1.807, 2.05) is 27.8 Å². The lowest BCUT2D eigenvalue weighted by Gasteiger charge is -2.34. The van der Waals surface area contributed by atoms with Crippen molar-refractivity contribution in [1.29, 1.82) is 0 Å². The van der Waals surface area contributed by atoms with E-state index in [9.17, 15) is 13.2 Å². The van der Waals surface area contributed by atoms with E-state index in [2.05, 4.69) is 10.2 Å². The van der Waals surface area contributed by atoms with Crippen molar-refractivity contribution in [3.8, 4) is 0 Å². The Morgan fingerprint density at radius 2 is 1.70 bits per heavy atom. The van der Waals surface area contributed by atoms with Crippen molar-refractivity contribution in [2.24, 2.45) is 7.05 Å². The lowest BCUT2D eigenvalue weighted by molar-refractivity contribution is 0.0696. The van der Waals surface area contributed by atoms with E-state index in [1.54, 1.807) is 27.4 Å². The summed E-state index contributed by atoms with van der Waals surface area (Å²) >= 11 is 0. The molecule has 1 amide bonds. The van der Waals surface area contributed by atoms with E-state index in [-0.39, 0.29) is 23.9 Å². The minimum absolute atomic E-state index is 0.0925. The maximum absolute atomic E-state index is 13.0. The molecule has 0 aliphatic carbocycles. The summed E-state index contributed by atoms with van der Waals surface area (Å²) in [7, 11) is -1.80. The number of hydrogen-bond donors (Lipinski definition) is 0. The molecule has 1 aliphatic heterocycles. The van der Waals surface area contributed by atoms with E-state index in [4.69, 9.17) is 0 Å². The van der Waals surface area contributed by atoms with Crippen LogP contribution in [0.2, 0.25) is 0 Å². The van der Waals surface area contributed by atoms with Gasteiger partial charge in [-0.1, -0.05) is 0 Å². The second kappa shape index (κ2) is 7.08. The highest BCUT2D eigenvalue weighted by molar-refractivity contribution is 7.89. The zero-order chi connectivity index (χ0) is 19.9. The Bertz CT molecular complexity index is 967. The summed E-state index contributed by atoms with van der Waals surface area (Å²) in [6, 6.07) is 0. The van der Waals surface area contributed by atoms with Gasteiger partial charge in [0.25, 0.3) is 5.91 Å². The quantitative estimate of drug-likeness (QED) is 0.761. The lowest BCUT2D eigenvalue weighted by Crippen LogP contribution is -2.50. The highest BCUT2D eigenvalue weighted by atomic mass is 32.2. The predicted octanol–water partition coefficient (Wildman–Crippen LogP) is 0.708. The molecule has 0 radical (unpaired) electrons. The number of aromatic nitrogens is 4. The largest absolute Gasteiger partial charge is 0.336 e. The van der Waals surface area contributed by atoms with Crippen molar-refractivity contribution >= 4 is 15.9 Å². The molecule has 0 unspecified atom stereocenters. The first-order chi connectivity index (χ1) is 12.7. The van der Waals surface area contributed by atoms with Gasteiger partial charge in [-0.2, -0.15) is 14.5 Å². The third-order valence-electron chi connectivity index (χ3n) is 5.09. The molecule has 0 aromatic carbocycles. The van der Waals surface area contributed by atoms with Crippen LogP contribution in [0.3, 0.4) is 0 Å². The van der Waals surface area contributed by atoms with Crippen LogP contribution in [0.15, 0.2) is 11.1 Å². The number of aryl methyl sites for hydroxylation is 4. The van der Waals surface area contributed by atoms with Crippen LogP contribution in [0.25, 0.3) is 0 Å². The summed E-state index contributed by atoms with van der Waals surface area (Å²) in [5.74, 6) is -0.0925. The van der Waals surface area contributed by atoms with Gasteiger partial charge >= 0.3 is 0 Å². The number of rotatable bonds is 4. The molecule has 0 saturated carbocycles. The van der Waals surface area contributed by atoms with Crippen LogP contribution in [0, 0.1) is 20.8 Å². The zero-order valence-electron chi connectivity index (χ0n) is 16.4. The van der Waals surface area contributed by atoms with E-state index in [1.165, 1.54) is 4.31 Å². The number of nitrogens with zero attached hydrogens (tertiary/aromatic N) is 6. The molecular formula is C17H26N6O3S. The Labute approximate surface area is 159 Å². The molecule has 1 fully saturated rings. The number of carbonyl (C=O) groups is 1. The summed E-state index contributed by atoms with van der Waals surface area (Å²) in [6.07, 6.45) is 1.57. The summed E-state index contributed by atoms with van der Waals surface area (Å²) in [4.78, 5) is 14.8. The fraction of sp³-hybridized carbons (Fsp3) is 0.588. The second-order valence-corrected chi connectivity index (χ2v) is 8.71. The van der Waals surface area contributed by atoms with Gasteiger partial charge in [0, 0.05) is 51.7 Å². The van der Waals surface area contributed by atoms with Gasteiger partial charge in [-0.25, -0.2) is 8.42 Å². The number of piperazine rings is 1. The molecule has 2 aromatic heterocycles. The molecule has 0 spiro atoms. The number of sulfonamides is 1. The van der Waals surface area contributed by atoms with Crippen molar-refractivity contribution in [1.82, 2.24) is 28.8 Å². The molecule has 0 atom stereocenters. The van der Waals surface area contributed by atoms with Crippen LogP contribution in [0.5, 0.6) is 0 Å². The third kappa shape index (κ3) is 3.39. The molecule has 27 heavy (non-hydrogen) atoms. The molecule has 10 heteroatoms.